The van der Waals surface area contributed by atoms with Crippen molar-refractivity contribution in [3.8, 4) is 5.69 Å². The number of aryl methyl sites for hydroxylation is 2. The molecule has 0 aliphatic heterocycles. The van der Waals surface area contributed by atoms with E-state index in [1.54, 1.807) is 4.68 Å². The molecule has 0 fully saturated rings. The molecule has 5 nitrogen and oxygen atoms in total. The Hall–Kier alpha value is -2.47. The zero-order valence-corrected chi connectivity index (χ0v) is 17.2. The highest BCUT2D eigenvalue weighted by Crippen LogP contribution is 2.24. The Balaban J connectivity index is 1.72. The maximum absolute atomic E-state index is 12.6. The number of benzene rings is 2. The zero-order valence-electron chi connectivity index (χ0n) is 16.4. The second-order valence-corrected chi connectivity index (χ2v) is 8.64. The van der Waals surface area contributed by atoms with Crippen molar-refractivity contribution in [2.24, 2.45) is 0 Å². The summed E-state index contributed by atoms with van der Waals surface area (Å²) in [5.41, 5.74) is 5.20. The summed E-state index contributed by atoms with van der Waals surface area (Å²) in [5.74, 6) is 0.357. The van der Waals surface area contributed by atoms with Crippen molar-refractivity contribution in [1.29, 1.82) is 0 Å². The predicted octanol–water partition coefficient (Wildman–Crippen LogP) is 4.55. The van der Waals surface area contributed by atoms with E-state index in [1.165, 1.54) is 22.9 Å². The van der Waals surface area contributed by atoms with Crippen molar-refractivity contribution < 1.29 is 4.79 Å². The first kappa shape index (κ1) is 19.3. The van der Waals surface area contributed by atoms with E-state index >= 15 is 0 Å². The summed E-state index contributed by atoms with van der Waals surface area (Å²) < 4.78 is 1.69. The fraction of sp³-hybridized carbons (Fsp3) is 0.333. The fourth-order valence-corrected chi connectivity index (χ4v) is 3.61. The van der Waals surface area contributed by atoms with Crippen molar-refractivity contribution in [3.05, 3.63) is 64.7 Å². The molecular formula is C21H24N4OS. The molecule has 0 amide bonds. The van der Waals surface area contributed by atoms with Gasteiger partial charge in [-0.15, -0.1) is 5.10 Å². The van der Waals surface area contributed by atoms with Crippen LogP contribution in [0.1, 0.15) is 47.8 Å². The average Bonchev–Trinajstić information content (AvgIpc) is 3.07. The molecule has 3 rings (SSSR count). The van der Waals surface area contributed by atoms with Gasteiger partial charge in [0, 0.05) is 5.56 Å². The van der Waals surface area contributed by atoms with Gasteiger partial charge >= 0.3 is 0 Å². The van der Waals surface area contributed by atoms with E-state index < -0.39 is 0 Å². The third kappa shape index (κ3) is 4.45. The number of tetrazole rings is 1. The Morgan fingerprint density at radius 2 is 1.78 bits per heavy atom. The summed E-state index contributed by atoms with van der Waals surface area (Å²) in [6, 6.07) is 14.0. The molecule has 0 unspecified atom stereocenters. The van der Waals surface area contributed by atoms with Crippen LogP contribution >= 0.6 is 11.8 Å². The lowest BCUT2D eigenvalue weighted by atomic mass is 9.86. The topological polar surface area (TPSA) is 60.7 Å². The average molecular weight is 381 g/mol. The van der Waals surface area contributed by atoms with Gasteiger partial charge in [-0.1, -0.05) is 74.5 Å². The first-order valence-corrected chi connectivity index (χ1v) is 9.87. The molecule has 140 valence electrons. The van der Waals surface area contributed by atoms with Crippen LogP contribution in [0.2, 0.25) is 0 Å². The second-order valence-electron chi connectivity index (χ2n) is 7.70. The Labute approximate surface area is 164 Å². The number of hydrogen-bond donors (Lipinski definition) is 0. The molecule has 3 aromatic rings. The third-order valence-corrected chi connectivity index (χ3v) is 5.35. The second kappa shape index (κ2) is 7.64. The van der Waals surface area contributed by atoms with Crippen LogP contribution in [0.5, 0.6) is 0 Å². The summed E-state index contributed by atoms with van der Waals surface area (Å²) in [6.07, 6.45) is 0. The number of carbonyl (C=O) groups excluding carboxylic acids is 1. The lowest BCUT2D eigenvalue weighted by Gasteiger charge is -2.18. The van der Waals surface area contributed by atoms with Crippen molar-refractivity contribution in [2.75, 3.05) is 5.75 Å². The minimum atomic E-state index is 0.0654. The summed E-state index contributed by atoms with van der Waals surface area (Å²) in [7, 11) is 0. The summed E-state index contributed by atoms with van der Waals surface area (Å²) in [5, 5.41) is 12.6. The van der Waals surface area contributed by atoms with Crippen LogP contribution in [0.4, 0.5) is 0 Å². The predicted molar refractivity (Wildman–Crippen MR) is 109 cm³/mol. The minimum Gasteiger partial charge on any atom is -0.293 e. The van der Waals surface area contributed by atoms with Crippen LogP contribution < -0.4 is 0 Å². The summed E-state index contributed by atoms with van der Waals surface area (Å²) >= 11 is 1.35. The van der Waals surface area contributed by atoms with Crippen LogP contribution in [-0.2, 0) is 5.41 Å². The van der Waals surface area contributed by atoms with Crippen LogP contribution in [0.3, 0.4) is 0 Å². The minimum absolute atomic E-state index is 0.0654. The van der Waals surface area contributed by atoms with Crippen molar-refractivity contribution in [3.63, 3.8) is 0 Å². The first-order valence-electron chi connectivity index (χ1n) is 8.88. The van der Waals surface area contributed by atoms with E-state index in [1.807, 2.05) is 43.3 Å². The van der Waals surface area contributed by atoms with Gasteiger partial charge in [-0.3, -0.25) is 4.79 Å². The highest BCUT2D eigenvalue weighted by Gasteiger charge is 2.16. The van der Waals surface area contributed by atoms with E-state index in [2.05, 4.69) is 49.3 Å². The van der Waals surface area contributed by atoms with Crippen LogP contribution in [0.25, 0.3) is 5.69 Å². The van der Waals surface area contributed by atoms with E-state index in [4.69, 9.17) is 0 Å². The Morgan fingerprint density at radius 3 is 2.41 bits per heavy atom. The van der Waals surface area contributed by atoms with Gasteiger partial charge in [-0.25, -0.2) is 0 Å². The van der Waals surface area contributed by atoms with Crippen LogP contribution in [0, 0.1) is 13.8 Å². The fourth-order valence-electron chi connectivity index (χ4n) is 2.83. The summed E-state index contributed by atoms with van der Waals surface area (Å²) in [6.45, 7) is 10.6. The normalized spacial score (nSPS) is 11.6. The number of rotatable bonds is 5. The quantitative estimate of drug-likeness (QED) is 0.480. The molecule has 0 spiro atoms. The molecule has 0 bridgehead atoms. The molecule has 0 N–H and O–H groups in total. The molecular weight excluding hydrogens is 356 g/mol. The van der Waals surface area contributed by atoms with Gasteiger partial charge in [0.2, 0.25) is 5.16 Å². The lowest BCUT2D eigenvalue weighted by Crippen LogP contribution is -2.11. The van der Waals surface area contributed by atoms with Crippen molar-refractivity contribution >= 4 is 17.5 Å². The number of Topliss-reactive ketones (excluding diaryl/α,β-unsaturated/α-hetero) is 1. The number of nitrogens with zero attached hydrogens (tertiary/aromatic N) is 4. The highest BCUT2D eigenvalue weighted by atomic mass is 32.2. The highest BCUT2D eigenvalue weighted by molar-refractivity contribution is 7.99. The van der Waals surface area contributed by atoms with Gasteiger partial charge in [0.15, 0.2) is 5.78 Å². The molecule has 1 aromatic heterocycles. The Kier molecular flexibility index (Phi) is 5.46. The van der Waals surface area contributed by atoms with Gasteiger partial charge in [-0.05, 0) is 46.9 Å². The molecule has 6 heteroatoms. The SMILES string of the molecule is Cc1ccc(-n2nnnc2SCC(=O)c2ccc(C(C)(C)C)cc2)c(C)c1. The number of ketones is 1. The van der Waals surface area contributed by atoms with Crippen molar-refractivity contribution in [2.45, 2.75) is 45.2 Å². The number of carbonyl (C=O) groups is 1. The van der Waals surface area contributed by atoms with E-state index in [0.29, 0.717) is 16.5 Å². The first-order chi connectivity index (χ1) is 12.8. The third-order valence-electron chi connectivity index (χ3n) is 4.43. The van der Waals surface area contributed by atoms with E-state index in [0.717, 1.165) is 11.3 Å². The monoisotopic (exact) mass is 380 g/mol. The van der Waals surface area contributed by atoms with E-state index in [-0.39, 0.29) is 11.2 Å². The molecule has 0 aliphatic rings. The molecule has 27 heavy (non-hydrogen) atoms. The van der Waals surface area contributed by atoms with Gasteiger partial charge in [0.1, 0.15) is 0 Å². The lowest BCUT2D eigenvalue weighted by molar-refractivity contribution is 0.102. The summed E-state index contributed by atoms with van der Waals surface area (Å²) in [4.78, 5) is 12.6. The molecule has 0 saturated carbocycles. The Morgan fingerprint density at radius 1 is 1.07 bits per heavy atom. The molecule has 0 saturated heterocycles. The van der Waals surface area contributed by atoms with Gasteiger partial charge < -0.3 is 0 Å². The van der Waals surface area contributed by atoms with Gasteiger partial charge in [-0.2, -0.15) is 4.68 Å². The van der Waals surface area contributed by atoms with Gasteiger partial charge in [0.25, 0.3) is 0 Å². The maximum atomic E-state index is 12.6. The number of thioether (sulfide) groups is 1. The van der Waals surface area contributed by atoms with E-state index in [9.17, 15) is 4.79 Å². The zero-order chi connectivity index (χ0) is 19.6. The molecule has 1 heterocycles. The van der Waals surface area contributed by atoms with Gasteiger partial charge in [0.05, 0.1) is 11.4 Å². The van der Waals surface area contributed by atoms with Crippen LogP contribution in [-0.4, -0.2) is 31.7 Å². The molecule has 2 aromatic carbocycles. The number of hydrogen-bond acceptors (Lipinski definition) is 5. The molecule has 0 radical (unpaired) electrons. The smallest absolute Gasteiger partial charge is 0.214 e. The molecule has 0 atom stereocenters. The molecule has 0 aliphatic carbocycles. The maximum Gasteiger partial charge on any atom is 0.214 e. The standard InChI is InChI=1S/C21H24N4OS/c1-14-6-11-18(15(2)12-14)25-20(22-23-24-25)27-13-19(26)16-7-9-17(10-8-16)21(3,4)5/h6-12H,13H2,1-5H3. The largest absolute Gasteiger partial charge is 0.293 e. The number of aromatic nitrogens is 4. The Bertz CT molecular complexity index is 955. The van der Waals surface area contributed by atoms with Crippen LogP contribution in [0.15, 0.2) is 47.6 Å². The van der Waals surface area contributed by atoms with Crippen molar-refractivity contribution in [1.82, 2.24) is 20.2 Å².